The molecule has 19 heavy (non-hydrogen) atoms. The molecule has 0 aliphatic carbocycles. The van der Waals surface area contributed by atoms with Gasteiger partial charge < -0.3 is 15.2 Å². The molecule has 0 heterocycles. The number of halogens is 2. The molecule has 1 unspecified atom stereocenters. The molecule has 0 aliphatic heterocycles. The molecule has 1 aromatic rings. The van der Waals surface area contributed by atoms with Gasteiger partial charge in [0.1, 0.15) is 5.82 Å². The molecule has 2 N–H and O–H groups in total. The summed E-state index contributed by atoms with van der Waals surface area (Å²) >= 11 is 3.19. The highest BCUT2D eigenvalue weighted by atomic mass is 79.9. The molecule has 0 saturated heterocycles. The average molecular weight is 334 g/mol. The first-order valence-corrected chi connectivity index (χ1v) is 6.58. The Hall–Kier alpha value is -0.980. The van der Waals surface area contributed by atoms with E-state index in [1.54, 1.807) is 6.92 Å². The molecular weight excluding hydrogens is 317 g/mol. The fourth-order valence-corrected chi connectivity index (χ4v) is 2.11. The van der Waals surface area contributed by atoms with Crippen LogP contribution < -0.4 is 5.32 Å². The van der Waals surface area contributed by atoms with Crippen molar-refractivity contribution in [1.29, 1.82) is 0 Å². The molecule has 0 fully saturated rings. The number of hydrogen-bond acceptors (Lipinski definition) is 3. The summed E-state index contributed by atoms with van der Waals surface area (Å²) in [6, 6.07) is 4.16. The van der Waals surface area contributed by atoms with Crippen LogP contribution in [0.25, 0.3) is 0 Å². The summed E-state index contributed by atoms with van der Waals surface area (Å²) < 4.78 is 19.2. The van der Waals surface area contributed by atoms with E-state index in [9.17, 15) is 9.18 Å². The molecule has 0 saturated carbocycles. The second-order valence-corrected chi connectivity index (χ2v) is 5.46. The summed E-state index contributed by atoms with van der Waals surface area (Å²) in [7, 11) is 1.50. The first kappa shape index (κ1) is 16.1. The van der Waals surface area contributed by atoms with Crippen LogP contribution in [0.1, 0.15) is 23.7 Å². The van der Waals surface area contributed by atoms with Gasteiger partial charge in [-0.3, -0.25) is 4.79 Å². The SMILES string of the molecule is COCC(C)(CCO)NC(=O)c1cc(Br)ccc1F. The molecule has 4 nitrogen and oxygen atoms in total. The van der Waals surface area contributed by atoms with E-state index in [4.69, 9.17) is 9.84 Å². The van der Waals surface area contributed by atoms with Crippen LogP contribution in [0.3, 0.4) is 0 Å². The maximum Gasteiger partial charge on any atom is 0.254 e. The maximum absolute atomic E-state index is 13.6. The van der Waals surface area contributed by atoms with Gasteiger partial charge in [0.15, 0.2) is 0 Å². The minimum atomic E-state index is -0.741. The van der Waals surface area contributed by atoms with Gasteiger partial charge in [0, 0.05) is 18.2 Å². The number of hydrogen-bond donors (Lipinski definition) is 2. The Morgan fingerprint density at radius 1 is 1.58 bits per heavy atom. The molecule has 6 heteroatoms. The molecule has 0 aliphatic rings. The molecule has 1 amide bonds. The number of amides is 1. The topological polar surface area (TPSA) is 58.6 Å². The molecule has 106 valence electrons. The molecule has 0 radical (unpaired) electrons. The van der Waals surface area contributed by atoms with Crippen LogP contribution in [-0.2, 0) is 4.74 Å². The Bertz CT molecular complexity index is 448. The lowest BCUT2D eigenvalue weighted by atomic mass is 9.98. The summed E-state index contributed by atoms with van der Waals surface area (Å²) in [6.07, 6.45) is 0.322. The van der Waals surface area contributed by atoms with E-state index in [0.717, 1.165) is 0 Å². The fraction of sp³-hybridized carbons (Fsp3) is 0.462. The second kappa shape index (κ2) is 6.98. The monoisotopic (exact) mass is 333 g/mol. The maximum atomic E-state index is 13.6. The summed E-state index contributed by atoms with van der Waals surface area (Å²) in [5.74, 6) is -1.13. The van der Waals surface area contributed by atoms with Crippen molar-refractivity contribution in [2.75, 3.05) is 20.3 Å². The number of ether oxygens (including phenoxy) is 1. The standard InChI is InChI=1S/C13H17BrFNO3/c1-13(5-6-17,8-19-2)16-12(18)10-7-9(14)3-4-11(10)15/h3-4,7,17H,5-6,8H2,1-2H3,(H,16,18). The van der Waals surface area contributed by atoms with Gasteiger partial charge in [0.2, 0.25) is 0 Å². The molecule has 0 bridgehead atoms. The van der Waals surface area contributed by atoms with Crippen LogP contribution >= 0.6 is 15.9 Å². The van der Waals surface area contributed by atoms with Crippen LogP contribution in [0.5, 0.6) is 0 Å². The fourth-order valence-electron chi connectivity index (χ4n) is 1.75. The first-order chi connectivity index (χ1) is 8.91. The summed E-state index contributed by atoms with van der Waals surface area (Å²) in [5, 5.41) is 11.7. The second-order valence-electron chi connectivity index (χ2n) is 4.55. The molecule has 1 atom stereocenters. The zero-order chi connectivity index (χ0) is 14.5. The van der Waals surface area contributed by atoms with Gasteiger partial charge in [-0.2, -0.15) is 0 Å². The third-order valence-corrected chi connectivity index (χ3v) is 3.21. The molecule has 0 aromatic heterocycles. The Labute approximate surface area is 120 Å². The van der Waals surface area contributed by atoms with Crippen molar-refractivity contribution in [3.63, 3.8) is 0 Å². The number of rotatable bonds is 6. The van der Waals surface area contributed by atoms with Gasteiger partial charge in [-0.15, -0.1) is 0 Å². The lowest BCUT2D eigenvalue weighted by Gasteiger charge is -2.29. The van der Waals surface area contributed by atoms with E-state index in [-0.39, 0.29) is 18.8 Å². The third-order valence-electron chi connectivity index (χ3n) is 2.71. The zero-order valence-electron chi connectivity index (χ0n) is 10.9. The van der Waals surface area contributed by atoms with Gasteiger partial charge in [0.05, 0.1) is 17.7 Å². The number of carbonyl (C=O) groups excluding carboxylic acids is 1. The number of aliphatic hydroxyl groups excluding tert-OH is 1. The van der Waals surface area contributed by atoms with E-state index < -0.39 is 17.3 Å². The van der Waals surface area contributed by atoms with Crippen molar-refractivity contribution < 1.29 is 19.0 Å². The van der Waals surface area contributed by atoms with E-state index in [1.165, 1.54) is 25.3 Å². The van der Waals surface area contributed by atoms with E-state index in [2.05, 4.69) is 21.2 Å². The van der Waals surface area contributed by atoms with Crippen LogP contribution in [0, 0.1) is 5.82 Å². The highest BCUT2D eigenvalue weighted by Gasteiger charge is 2.27. The van der Waals surface area contributed by atoms with Crippen molar-refractivity contribution >= 4 is 21.8 Å². The van der Waals surface area contributed by atoms with Crippen molar-refractivity contribution in [1.82, 2.24) is 5.32 Å². The number of nitrogens with one attached hydrogen (secondary N) is 1. The lowest BCUT2D eigenvalue weighted by molar-refractivity contribution is 0.0722. The van der Waals surface area contributed by atoms with Crippen LogP contribution in [-0.4, -0.2) is 36.9 Å². The third kappa shape index (κ3) is 4.56. The van der Waals surface area contributed by atoms with Crippen LogP contribution in [0.4, 0.5) is 4.39 Å². The number of benzene rings is 1. The van der Waals surface area contributed by atoms with Crippen molar-refractivity contribution in [3.05, 3.63) is 34.1 Å². The Morgan fingerprint density at radius 2 is 2.26 bits per heavy atom. The highest BCUT2D eigenvalue weighted by Crippen LogP contribution is 2.17. The summed E-state index contributed by atoms with van der Waals surface area (Å²) in [5.41, 5.74) is -0.787. The Morgan fingerprint density at radius 3 is 2.84 bits per heavy atom. The number of carbonyl (C=O) groups is 1. The van der Waals surface area contributed by atoms with Gasteiger partial charge in [0.25, 0.3) is 5.91 Å². The largest absolute Gasteiger partial charge is 0.396 e. The lowest BCUT2D eigenvalue weighted by Crippen LogP contribution is -2.50. The average Bonchev–Trinajstić information content (AvgIpc) is 2.32. The number of aliphatic hydroxyl groups is 1. The van der Waals surface area contributed by atoms with Gasteiger partial charge in [-0.05, 0) is 31.5 Å². The molecule has 1 aromatic carbocycles. The van der Waals surface area contributed by atoms with Crippen LogP contribution in [0.15, 0.2) is 22.7 Å². The Kier molecular flexibility index (Phi) is 5.90. The quantitative estimate of drug-likeness (QED) is 0.838. The first-order valence-electron chi connectivity index (χ1n) is 5.79. The van der Waals surface area contributed by atoms with Crippen LogP contribution in [0.2, 0.25) is 0 Å². The van der Waals surface area contributed by atoms with E-state index in [1.807, 2.05) is 0 Å². The zero-order valence-corrected chi connectivity index (χ0v) is 12.5. The molecule has 0 spiro atoms. The summed E-state index contributed by atoms with van der Waals surface area (Å²) in [4.78, 5) is 12.1. The minimum Gasteiger partial charge on any atom is -0.396 e. The smallest absolute Gasteiger partial charge is 0.254 e. The Balaban J connectivity index is 2.90. The normalized spacial score (nSPS) is 13.9. The van der Waals surface area contributed by atoms with Crippen molar-refractivity contribution in [2.45, 2.75) is 18.9 Å². The van der Waals surface area contributed by atoms with E-state index in [0.29, 0.717) is 10.9 Å². The molecule has 1 rings (SSSR count). The highest BCUT2D eigenvalue weighted by molar-refractivity contribution is 9.10. The van der Waals surface area contributed by atoms with Crippen molar-refractivity contribution in [3.8, 4) is 0 Å². The van der Waals surface area contributed by atoms with E-state index >= 15 is 0 Å². The summed E-state index contributed by atoms with van der Waals surface area (Å²) in [6.45, 7) is 1.87. The predicted molar refractivity (Wildman–Crippen MR) is 73.6 cm³/mol. The van der Waals surface area contributed by atoms with Gasteiger partial charge >= 0.3 is 0 Å². The van der Waals surface area contributed by atoms with Gasteiger partial charge in [-0.25, -0.2) is 4.39 Å². The number of methoxy groups -OCH3 is 1. The predicted octanol–water partition coefficient (Wildman–Crippen LogP) is 2.11. The van der Waals surface area contributed by atoms with Crippen molar-refractivity contribution in [2.24, 2.45) is 0 Å². The molecular formula is C13H17BrFNO3. The van der Waals surface area contributed by atoms with Gasteiger partial charge in [-0.1, -0.05) is 15.9 Å². The minimum absolute atomic E-state index is 0.0466.